The molecule has 1 fully saturated rings. The van der Waals surface area contributed by atoms with E-state index in [1.54, 1.807) is 0 Å². The number of nitrogens with zero attached hydrogens (tertiary/aromatic N) is 1. The largest absolute Gasteiger partial charge is 0.469 e. The van der Waals surface area contributed by atoms with Crippen LogP contribution in [0.15, 0.2) is 0 Å². The molecule has 0 unspecified atom stereocenters. The van der Waals surface area contributed by atoms with Gasteiger partial charge in [0, 0.05) is 19.0 Å². The van der Waals surface area contributed by atoms with Crippen LogP contribution in [0.2, 0.25) is 0 Å². The third-order valence-electron chi connectivity index (χ3n) is 3.49. The van der Waals surface area contributed by atoms with Gasteiger partial charge in [-0.2, -0.15) is 0 Å². The van der Waals surface area contributed by atoms with E-state index in [0.717, 1.165) is 25.6 Å². The molecule has 1 saturated carbocycles. The maximum atomic E-state index is 11.1. The molecule has 0 amide bonds. The topological polar surface area (TPSA) is 29.5 Å². The van der Waals surface area contributed by atoms with Crippen molar-refractivity contribution in [3.63, 3.8) is 0 Å². The quantitative estimate of drug-likeness (QED) is 0.642. The highest BCUT2D eigenvalue weighted by Crippen LogP contribution is 2.24. The second-order valence-electron chi connectivity index (χ2n) is 5.51. The zero-order chi connectivity index (χ0) is 12.7. The van der Waals surface area contributed by atoms with Crippen molar-refractivity contribution in [1.29, 1.82) is 0 Å². The van der Waals surface area contributed by atoms with Crippen LogP contribution in [0, 0.1) is 5.92 Å². The number of rotatable bonds is 7. The molecule has 0 atom stereocenters. The Labute approximate surface area is 106 Å². The van der Waals surface area contributed by atoms with E-state index in [1.807, 2.05) is 0 Å². The van der Waals surface area contributed by atoms with E-state index < -0.39 is 0 Å². The number of ether oxygens (including phenoxy) is 1. The Morgan fingerprint density at radius 2 is 2.00 bits per heavy atom. The molecular formula is C14H27NO2. The summed E-state index contributed by atoms with van der Waals surface area (Å²) in [6.45, 7) is 6.73. The van der Waals surface area contributed by atoms with E-state index in [9.17, 15) is 4.79 Å². The Balaban J connectivity index is 2.32. The van der Waals surface area contributed by atoms with Gasteiger partial charge in [-0.25, -0.2) is 0 Å². The Morgan fingerprint density at radius 3 is 2.53 bits per heavy atom. The van der Waals surface area contributed by atoms with Crippen molar-refractivity contribution in [2.75, 3.05) is 20.2 Å². The second-order valence-corrected chi connectivity index (χ2v) is 5.51. The van der Waals surface area contributed by atoms with E-state index in [0.29, 0.717) is 12.3 Å². The lowest BCUT2D eigenvalue weighted by molar-refractivity contribution is -0.140. The first-order chi connectivity index (χ1) is 8.13. The second kappa shape index (κ2) is 7.70. The Kier molecular flexibility index (Phi) is 6.56. The van der Waals surface area contributed by atoms with Crippen molar-refractivity contribution in [2.24, 2.45) is 5.92 Å². The number of esters is 1. The molecule has 100 valence electrons. The molecule has 0 aromatic carbocycles. The number of hydrogen-bond donors (Lipinski definition) is 0. The van der Waals surface area contributed by atoms with Crippen molar-refractivity contribution in [1.82, 2.24) is 4.90 Å². The Morgan fingerprint density at radius 1 is 1.35 bits per heavy atom. The van der Waals surface area contributed by atoms with Crippen LogP contribution in [0.1, 0.15) is 52.4 Å². The lowest BCUT2D eigenvalue weighted by Crippen LogP contribution is -2.37. The molecule has 0 spiro atoms. The normalized spacial score (nSPS) is 17.0. The van der Waals surface area contributed by atoms with Gasteiger partial charge in [-0.3, -0.25) is 4.79 Å². The van der Waals surface area contributed by atoms with Gasteiger partial charge in [0.05, 0.1) is 7.11 Å². The maximum Gasteiger partial charge on any atom is 0.305 e. The molecule has 3 heteroatoms. The third-order valence-corrected chi connectivity index (χ3v) is 3.49. The monoisotopic (exact) mass is 241 g/mol. The van der Waals surface area contributed by atoms with Crippen LogP contribution >= 0.6 is 0 Å². The molecule has 1 rings (SSSR count). The summed E-state index contributed by atoms with van der Waals surface area (Å²) in [7, 11) is 1.46. The summed E-state index contributed by atoms with van der Waals surface area (Å²) in [6.07, 6.45) is 6.90. The van der Waals surface area contributed by atoms with E-state index in [2.05, 4.69) is 23.5 Å². The van der Waals surface area contributed by atoms with Gasteiger partial charge in [0.1, 0.15) is 0 Å². The first-order valence-electron chi connectivity index (χ1n) is 6.94. The SMILES string of the molecule is COC(=O)CCCN(CC(C)C)C1CCCC1. The fourth-order valence-corrected chi connectivity index (χ4v) is 2.69. The lowest BCUT2D eigenvalue weighted by atomic mass is 10.1. The van der Waals surface area contributed by atoms with Crippen molar-refractivity contribution in [2.45, 2.75) is 58.4 Å². The number of methoxy groups -OCH3 is 1. The summed E-state index contributed by atoms with van der Waals surface area (Å²) in [5, 5.41) is 0. The van der Waals surface area contributed by atoms with Gasteiger partial charge in [0.2, 0.25) is 0 Å². The number of carbonyl (C=O) groups is 1. The van der Waals surface area contributed by atoms with E-state index in [4.69, 9.17) is 0 Å². The molecule has 0 saturated heterocycles. The van der Waals surface area contributed by atoms with E-state index in [-0.39, 0.29) is 5.97 Å². The van der Waals surface area contributed by atoms with Crippen molar-refractivity contribution in [3.05, 3.63) is 0 Å². The van der Waals surface area contributed by atoms with Gasteiger partial charge in [-0.05, 0) is 31.7 Å². The molecule has 0 bridgehead atoms. The molecule has 0 N–H and O–H groups in total. The first kappa shape index (κ1) is 14.5. The van der Waals surface area contributed by atoms with Crippen LogP contribution < -0.4 is 0 Å². The fraction of sp³-hybridized carbons (Fsp3) is 0.929. The van der Waals surface area contributed by atoms with Gasteiger partial charge in [-0.1, -0.05) is 26.7 Å². The average Bonchev–Trinajstić information content (AvgIpc) is 2.80. The highest BCUT2D eigenvalue weighted by Gasteiger charge is 2.22. The molecule has 0 radical (unpaired) electrons. The predicted molar refractivity (Wildman–Crippen MR) is 69.9 cm³/mol. The Hall–Kier alpha value is -0.570. The lowest BCUT2D eigenvalue weighted by Gasteiger charge is -2.30. The summed E-state index contributed by atoms with van der Waals surface area (Å²) in [6, 6.07) is 0.759. The van der Waals surface area contributed by atoms with Gasteiger partial charge >= 0.3 is 5.97 Å². The zero-order valence-corrected chi connectivity index (χ0v) is 11.6. The standard InChI is InChI=1S/C14H27NO2/c1-12(2)11-15(13-7-4-5-8-13)10-6-9-14(16)17-3/h12-13H,4-11H2,1-3H3. The van der Waals surface area contributed by atoms with Crippen LogP contribution in [-0.4, -0.2) is 37.1 Å². The molecule has 0 aromatic rings. The minimum absolute atomic E-state index is 0.0825. The molecule has 0 heterocycles. The summed E-state index contributed by atoms with van der Waals surface area (Å²) in [5.41, 5.74) is 0. The van der Waals surface area contributed by atoms with E-state index in [1.165, 1.54) is 32.8 Å². The molecule has 0 aliphatic heterocycles. The molecule has 17 heavy (non-hydrogen) atoms. The minimum Gasteiger partial charge on any atom is -0.469 e. The summed E-state index contributed by atoms with van der Waals surface area (Å²) in [4.78, 5) is 13.7. The maximum absolute atomic E-state index is 11.1. The smallest absolute Gasteiger partial charge is 0.305 e. The van der Waals surface area contributed by atoms with Crippen molar-refractivity contribution in [3.8, 4) is 0 Å². The van der Waals surface area contributed by atoms with Crippen LogP contribution in [0.4, 0.5) is 0 Å². The molecule has 1 aliphatic rings. The van der Waals surface area contributed by atoms with Crippen LogP contribution in [0.25, 0.3) is 0 Å². The van der Waals surface area contributed by atoms with Gasteiger partial charge in [0.25, 0.3) is 0 Å². The third kappa shape index (κ3) is 5.53. The van der Waals surface area contributed by atoms with Gasteiger partial charge < -0.3 is 9.64 Å². The molecular weight excluding hydrogens is 214 g/mol. The van der Waals surface area contributed by atoms with Crippen molar-refractivity contribution >= 4 is 5.97 Å². The van der Waals surface area contributed by atoms with Crippen LogP contribution in [0.3, 0.4) is 0 Å². The van der Waals surface area contributed by atoms with Gasteiger partial charge in [-0.15, -0.1) is 0 Å². The number of hydrogen-bond acceptors (Lipinski definition) is 3. The van der Waals surface area contributed by atoms with Gasteiger partial charge in [0.15, 0.2) is 0 Å². The average molecular weight is 241 g/mol. The minimum atomic E-state index is -0.0825. The number of carbonyl (C=O) groups excluding carboxylic acids is 1. The van der Waals surface area contributed by atoms with Crippen LogP contribution in [0.5, 0.6) is 0 Å². The van der Waals surface area contributed by atoms with Crippen LogP contribution in [-0.2, 0) is 9.53 Å². The Bertz CT molecular complexity index is 222. The molecule has 3 nitrogen and oxygen atoms in total. The summed E-state index contributed by atoms with van der Waals surface area (Å²) >= 11 is 0. The summed E-state index contributed by atoms with van der Waals surface area (Å²) < 4.78 is 4.68. The first-order valence-corrected chi connectivity index (χ1v) is 6.94. The predicted octanol–water partition coefficient (Wildman–Crippen LogP) is 2.84. The summed E-state index contributed by atoms with van der Waals surface area (Å²) in [5.74, 6) is 0.620. The van der Waals surface area contributed by atoms with E-state index >= 15 is 0 Å². The fourth-order valence-electron chi connectivity index (χ4n) is 2.69. The molecule has 0 aromatic heterocycles. The molecule has 1 aliphatic carbocycles. The zero-order valence-electron chi connectivity index (χ0n) is 11.6. The van der Waals surface area contributed by atoms with Crippen molar-refractivity contribution < 1.29 is 9.53 Å². The highest BCUT2D eigenvalue weighted by molar-refractivity contribution is 5.69. The highest BCUT2D eigenvalue weighted by atomic mass is 16.5.